The van der Waals surface area contributed by atoms with Crippen LogP contribution in [0.4, 0.5) is 5.95 Å². The number of likely N-dealkylation sites (tertiary alicyclic amines) is 1. The highest BCUT2D eigenvalue weighted by Crippen LogP contribution is 2.27. The molecule has 1 N–H and O–H groups in total. The summed E-state index contributed by atoms with van der Waals surface area (Å²) < 4.78 is 6.49. The van der Waals surface area contributed by atoms with E-state index >= 15 is 0 Å². The molecule has 4 rings (SSSR count). The summed E-state index contributed by atoms with van der Waals surface area (Å²) in [5, 5.41) is 5.22. The summed E-state index contributed by atoms with van der Waals surface area (Å²) in [6.07, 6.45) is 2.73. The van der Waals surface area contributed by atoms with Gasteiger partial charge in [-0.05, 0) is 43.8 Å². The third-order valence-electron chi connectivity index (χ3n) is 4.82. The number of fused-ring (bicyclic) bond motifs is 1. The molecule has 0 bridgehead atoms. The van der Waals surface area contributed by atoms with E-state index in [9.17, 15) is 4.79 Å². The molecule has 2 atom stereocenters. The van der Waals surface area contributed by atoms with E-state index in [-0.39, 0.29) is 18.1 Å². The van der Waals surface area contributed by atoms with Crippen LogP contribution in [0.1, 0.15) is 42.5 Å². The normalized spacial score (nSPS) is 17.8. The van der Waals surface area contributed by atoms with Crippen LogP contribution in [0.3, 0.4) is 0 Å². The first kappa shape index (κ1) is 18.8. The van der Waals surface area contributed by atoms with Crippen molar-refractivity contribution in [2.45, 2.75) is 32.4 Å². The summed E-state index contributed by atoms with van der Waals surface area (Å²) in [6, 6.07) is 7.62. The van der Waals surface area contributed by atoms with Crippen molar-refractivity contribution in [1.29, 1.82) is 0 Å². The van der Waals surface area contributed by atoms with Crippen LogP contribution in [0.5, 0.6) is 0 Å². The van der Waals surface area contributed by atoms with E-state index < -0.39 is 0 Å². The molecule has 28 heavy (non-hydrogen) atoms. The molecule has 0 radical (unpaired) electrons. The summed E-state index contributed by atoms with van der Waals surface area (Å²) in [5.41, 5.74) is 2.12. The lowest BCUT2D eigenvalue weighted by atomic mass is 10.2. The van der Waals surface area contributed by atoms with Crippen LogP contribution >= 0.6 is 11.3 Å². The van der Waals surface area contributed by atoms with E-state index in [1.165, 1.54) is 11.3 Å². The Bertz CT molecular complexity index is 962. The highest BCUT2D eigenvalue weighted by molar-refractivity contribution is 7.17. The molecule has 1 aliphatic heterocycles. The van der Waals surface area contributed by atoms with Crippen LogP contribution in [0.2, 0.25) is 0 Å². The molecule has 0 saturated carbocycles. The van der Waals surface area contributed by atoms with Crippen LogP contribution < -0.4 is 5.32 Å². The van der Waals surface area contributed by atoms with Gasteiger partial charge in [-0.25, -0.2) is 9.97 Å². The minimum atomic E-state index is -0.0747. The SMILES string of the molecule is CCO[C@@H]1CCN(C(=O)c2nc(N[C@@H](C)c3ccccn3)nc3ccsc23)C1. The molecule has 8 heteroatoms. The minimum absolute atomic E-state index is 0.0643. The summed E-state index contributed by atoms with van der Waals surface area (Å²) in [4.78, 5) is 28.5. The van der Waals surface area contributed by atoms with Gasteiger partial charge < -0.3 is 15.0 Å². The van der Waals surface area contributed by atoms with Crippen LogP contribution in [-0.2, 0) is 4.74 Å². The van der Waals surface area contributed by atoms with Gasteiger partial charge in [-0.3, -0.25) is 9.78 Å². The van der Waals surface area contributed by atoms with E-state index in [4.69, 9.17) is 4.74 Å². The maximum atomic E-state index is 13.2. The number of rotatable bonds is 6. The van der Waals surface area contributed by atoms with E-state index in [1.54, 1.807) is 6.20 Å². The molecule has 1 amide bonds. The van der Waals surface area contributed by atoms with Crippen molar-refractivity contribution in [2.24, 2.45) is 0 Å². The van der Waals surface area contributed by atoms with Gasteiger partial charge in [0.15, 0.2) is 5.69 Å². The number of pyridine rings is 1. The molecular weight excluding hydrogens is 374 g/mol. The number of nitrogens with one attached hydrogen (secondary N) is 1. The Hall–Kier alpha value is -2.58. The number of thiophene rings is 1. The second-order valence-electron chi connectivity index (χ2n) is 6.77. The second kappa shape index (κ2) is 8.20. The van der Waals surface area contributed by atoms with E-state index in [0.29, 0.717) is 31.3 Å². The Balaban J connectivity index is 1.60. The van der Waals surface area contributed by atoms with Crippen molar-refractivity contribution in [1.82, 2.24) is 19.9 Å². The van der Waals surface area contributed by atoms with Crippen molar-refractivity contribution in [3.05, 3.63) is 47.2 Å². The first-order valence-electron chi connectivity index (χ1n) is 9.49. The lowest BCUT2D eigenvalue weighted by molar-refractivity contribution is 0.0596. The van der Waals surface area contributed by atoms with Gasteiger partial charge in [0.2, 0.25) is 5.95 Å². The van der Waals surface area contributed by atoms with Gasteiger partial charge in [-0.1, -0.05) is 6.07 Å². The summed E-state index contributed by atoms with van der Waals surface area (Å²) >= 11 is 1.49. The standard InChI is InChI=1S/C20H23N5O2S/c1-3-27-14-7-10-25(12-14)19(26)17-18-16(8-11-28-18)23-20(24-17)22-13(2)15-6-4-5-9-21-15/h4-6,8-9,11,13-14H,3,7,10,12H2,1-2H3,(H,22,23,24)/t13-,14+/m0/s1. The number of hydrogen-bond donors (Lipinski definition) is 1. The predicted molar refractivity (Wildman–Crippen MR) is 110 cm³/mol. The average molecular weight is 398 g/mol. The maximum absolute atomic E-state index is 13.2. The first-order valence-corrected chi connectivity index (χ1v) is 10.4. The number of carbonyl (C=O) groups excluding carboxylic acids is 1. The van der Waals surface area contributed by atoms with Crippen molar-refractivity contribution in [2.75, 3.05) is 25.0 Å². The van der Waals surface area contributed by atoms with E-state index in [0.717, 1.165) is 22.3 Å². The molecule has 3 aromatic rings. The molecule has 146 valence electrons. The molecule has 0 spiro atoms. The van der Waals surface area contributed by atoms with Gasteiger partial charge in [0, 0.05) is 25.9 Å². The first-order chi connectivity index (χ1) is 13.7. The van der Waals surface area contributed by atoms with Gasteiger partial charge in [0.05, 0.1) is 28.1 Å². The number of carbonyl (C=O) groups is 1. The topological polar surface area (TPSA) is 80.2 Å². The molecule has 1 aliphatic rings. The number of amides is 1. The maximum Gasteiger partial charge on any atom is 0.274 e. The lowest BCUT2D eigenvalue weighted by Gasteiger charge is -2.18. The van der Waals surface area contributed by atoms with Crippen LogP contribution in [-0.4, -0.2) is 51.6 Å². The Labute approximate surface area is 167 Å². The quantitative estimate of drug-likeness (QED) is 0.686. The van der Waals surface area contributed by atoms with Gasteiger partial charge in [-0.2, -0.15) is 0 Å². The number of hydrogen-bond acceptors (Lipinski definition) is 7. The Morgan fingerprint density at radius 3 is 3.07 bits per heavy atom. The second-order valence-corrected chi connectivity index (χ2v) is 7.68. The largest absolute Gasteiger partial charge is 0.377 e. The molecule has 0 aliphatic carbocycles. The molecule has 1 saturated heterocycles. The predicted octanol–water partition coefficient (Wildman–Crippen LogP) is 3.51. The average Bonchev–Trinajstić information content (AvgIpc) is 3.37. The van der Waals surface area contributed by atoms with Crippen molar-refractivity contribution < 1.29 is 9.53 Å². The number of aromatic nitrogens is 3. The summed E-state index contributed by atoms with van der Waals surface area (Å²) in [7, 11) is 0. The Morgan fingerprint density at radius 2 is 2.29 bits per heavy atom. The highest BCUT2D eigenvalue weighted by atomic mass is 32.1. The molecule has 0 unspecified atom stereocenters. The third-order valence-corrected chi connectivity index (χ3v) is 5.73. The van der Waals surface area contributed by atoms with Crippen LogP contribution in [0, 0.1) is 0 Å². The lowest BCUT2D eigenvalue weighted by Crippen LogP contribution is -2.31. The van der Waals surface area contributed by atoms with Gasteiger partial charge in [0.25, 0.3) is 5.91 Å². The monoisotopic (exact) mass is 397 g/mol. The summed E-state index contributed by atoms with van der Waals surface area (Å²) in [6.45, 7) is 5.93. The Morgan fingerprint density at radius 1 is 1.39 bits per heavy atom. The molecule has 4 heterocycles. The highest BCUT2D eigenvalue weighted by Gasteiger charge is 2.30. The fourth-order valence-electron chi connectivity index (χ4n) is 3.41. The molecule has 3 aromatic heterocycles. The third kappa shape index (κ3) is 3.83. The summed E-state index contributed by atoms with van der Waals surface area (Å²) in [5.74, 6) is 0.374. The van der Waals surface area contributed by atoms with Gasteiger partial charge in [0.1, 0.15) is 0 Å². The molecule has 7 nitrogen and oxygen atoms in total. The fraction of sp³-hybridized carbons (Fsp3) is 0.400. The van der Waals surface area contributed by atoms with Gasteiger partial charge in [-0.15, -0.1) is 11.3 Å². The van der Waals surface area contributed by atoms with Crippen molar-refractivity contribution in [3.63, 3.8) is 0 Å². The fourth-order valence-corrected chi connectivity index (χ4v) is 4.22. The zero-order chi connectivity index (χ0) is 19.5. The van der Waals surface area contributed by atoms with E-state index in [2.05, 4.69) is 20.3 Å². The molecule has 1 fully saturated rings. The van der Waals surface area contributed by atoms with Crippen molar-refractivity contribution >= 4 is 33.4 Å². The molecule has 0 aromatic carbocycles. The van der Waals surface area contributed by atoms with Crippen LogP contribution in [0.15, 0.2) is 35.8 Å². The Kier molecular flexibility index (Phi) is 5.50. The smallest absolute Gasteiger partial charge is 0.274 e. The zero-order valence-corrected chi connectivity index (χ0v) is 16.8. The van der Waals surface area contributed by atoms with Crippen LogP contribution in [0.25, 0.3) is 10.2 Å². The number of ether oxygens (including phenoxy) is 1. The minimum Gasteiger partial charge on any atom is -0.377 e. The van der Waals surface area contributed by atoms with E-state index in [1.807, 2.05) is 48.4 Å². The van der Waals surface area contributed by atoms with Crippen molar-refractivity contribution in [3.8, 4) is 0 Å². The number of nitrogens with zero attached hydrogens (tertiary/aromatic N) is 4. The zero-order valence-electron chi connectivity index (χ0n) is 16.0. The number of anilines is 1. The van der Waals surface area contributed by atoms with Gasteiger partial charge >= 0.3 is 0 Å². The molecular formula is C20H23N5O2S.